The van der Waals surface area contributed by atoms with E-state index in [0.29, 0.717) is 0 Å². The van der Waals surface area contributed by atoms with Gasteiger partial charge in [0.15, 0.2) is 0 Å². The quantitative estimate of drug-likeness (QED) is 0.674. The van der Waals surface area contributed by atoms with Crippen molar-refractivity contribution in [1.29, 1.82) is 0 Å². The Hall–Kier alpha value is -2.14. The molecule has 4 nitrogen and oxygen atoms in total. The van der Waals surface area contributed by atoms with E-state index in [1.807, 2.05) is 0 Å². The second kappa shape index (κ2) is 11.1. The number of piperazine rings is 1. The zero-order chi connectivity index (χ0) is 22.3. The maximum Gasteiger partial charge on any atom is 0.0581 e. The maximum absolute atomic E-state index is 4.51. The van der Waals surface area contributed by atoms with E-state index >= 15 is 0 Å². The smallest absolute Gasteiger partial charge is 0.0581 e. The van der Waals surface area contributed by atoms with Crippen molar-refractivity contribution < 1.29 is 0 Å². The summed E-state index contributed by atoms with van der Waals surface area (Å²) in [5, 5.41) is 3.87. The third kappa shape index (κ3) is 6.00. The van der Waals surface area contributed by atoms with Crippen LogP contribution in [0.2, 0.25) is 0 Å². The standard InChI is InChI=1S/C28H40N4/c1-23(29-28(26-10-6-4-7-11-26)27-12-8-5-9-13-27)24(2)32-20-18-31(19-21-32)22-25-14-16-30(3)17-15-25/h4-13,23,25,28-29H,2,14-22H2,1,3H3/t23-/m1/s1. The van der Waals surface area contributed by atoms with Crippen LogP contribution in [0, 0.1) is 5.92 Å². The van der Waals surface area contributed by atoms with Crippen molar-refractivity contribution in [3.63, 3.8) is 0 Å². The number of likely N-dealkylation sites (tertiary alicyclic amines) is 1. The molecular formula is C28H40N4. The van der Waals surface area contributed by atoms with Gasteiger partial charge in [0.2, 0.25) is 0 Å². The first-order chi connectivity index (χ1) is 15.6. The molecule has 0 bridgehead atoms. The molecule has 0 radical (unpaired) electrons. The van der Waals surface area contributed by atoms with Crippen molar-refractivity contribution in [3.05, 3.63) is 84.1 Å². The summed E-state index contributed by atoms with van der Waals surface area (Å²) in [6.45, 7) is 15.0. The molecule has 0 aromatic heterocycles. The molecule has 2 saturated heterocycles. The molecule has 4 heteroatoms. The van der Waals surface area contributed by atoms with E-state index in [9.17, 15) is 0 Å². The summed E-state index contributed by atoms with van der Waals surface area (Å²) in [5.41, 5.74) is 3.79. The normalized spacial score (nSPS) is 19.9. The summed E-state index contributed by atoms with van der Waals surface area (Å²) in [6, 6.07) is 21.9. The first-order valence-corrected chi connectivity index (χ1v) is 12.3. The summed E-state index contributed by atoms with van der Waals surface area (Å²) in [7, 11) is 2.25. The van der Waals surface area contributed by atoms with Crippen molar-refractivity contribution in [3.8, 4) is 0 Å². The van der Waals surface area contributed by atoms with Crippen LogP contribution in [0.25, 0.3) is 0 Å². The van der Waals surface area contributed by atoms with Crippen LogP contribution >= 0.6 is 0 Å². The van der Waals surface area contributed by atoms with Crippen molar-refractivity contribution in [2.75, 3.05) is 52.9 Å². The topological polar surface area (TPSA) is 21.8 Å². The highest BCUT2D eigenvalue weighted by atomic mass is 15.3. The molecule has 2 aromatic rings. The Morgan fingerprint density at radius 2 is 1.41 bits per heavy atom. The molecule has 0 spiro atoms. The molecule has 0 saturated carbocycles. The van der Waals surface area contributed by atoms with Gasteiger partial charge in [-0.25, -0.2) is 0 Å². The number of piperidine rings is 1. The van der Waals surface area contributed by atoms with Gasteiger partial charge in [-0.05, 0) is 56.9 Å². The molecule has 0 amide bonds. The monoisotopic (exact) mass is 432 g/mol. The lowest BCUT2D eigenvalue weighted by Crippen LogP contribution is -2.50. The van der Waals surface area contributed by atoms with E-state index in [1.165, 1.54) is 49.3 Å². The lowest BCUT2D eigenvalue weighted by Gasteiger charge is -2.41. The largest absolute Gasteiger partial charge is 0.371 e. The van der Waals surface area contributed by atoms with Crippen molar-refractivity contribution in [2.24, 2.45) is 5.92 Å². The third-order valence-electron chi connectivity index (χ3n) is 7.32. The number of nitrogens with one attached hydrogen (secondary N) is 1. The van der Waals surface area contributed by atoms with Crippen LogP contribution in [-0.2, 0) is 0 Å². The van der Waals surface area contributed by atoms with Gasteiger partial charge in [-0.2, -0.15) is 0 Å². The summed E-state index contributed by atoms with van der Waals surface area (Å²) in [5.74, 6) is 0.874. The van der Waals surface area contributed by atoms with Crippen molar-refractivity contribution in [1.82, 2.24) is 20.0 Å². The number of hydrogen-bond donors (Lipinski definition) is 1. The molecule has 1 N–H and O–H groups in total. The molecule has 2 aromatic carbocycles. The Kier molecular flexibility index (Phi) is 8.01. The first kappa shape index (κ1) is 23.0. The Morgan fingerprint density at radius 3 is 1.94 bits per heavy atom. The van der Waals surface area contributed by atoms with Gasteiger partial charge in [0, 0.05) is 44.5 Å². The molecule has 32 heavy (non-hydrogen) atoms. The van der Waals surface area contributed by atoms with Gasteiger partial charge in [-0.15, -0.1) is 0 Å². The van der Waals surface area contributed by atoms with E-state index in [0.717, 1.165) is 32.1 Å². The zero-order valence-electron chi connectivity index (χ0n) is 19.9. The predicted octanol–water partition coefficient (Wildman–Crippen LogP) is 4.23. The van der Waals surface area contributed by atoms with Crippen LogP contribution in [0.5, 0.6) is 0 Å². The Labute approximate surface area is 194 Å². The van der Waals surface area contributed by atoms with Gasteiger partial charge in [0.25, 0.3) is 0 Å². The van der Waals surface area contributed by atoms with Crippen LogP contribution in [-0.4, -0.2) is 73.6 Å². The minimum atomic E-state index is 0.162. The second-order valence-corrected chi connectivity index (χ2v) is 9.67. The van der Waals surface area contributed by atoms with Crippen LogP contribution in [0.1, 0.15) is 36.9 Å². The molecule has 1 atom stereocenters. The molecule has 0 aliphatic carbocycles. The summed E-state index contributed by atoms with van der Waals surface area (Å²) in [4.78, 5) is 7.63. The molecule has 172 valence electrons. The SMILES string of the molecule is C=C([C@@H](C)NC(c1ccccc1)c1ccccc1)N1CCN(CC2CCN(C)CC2)CC1. The molecule has 2 aliphatic rings. The highest BCUT2D eigenvalue weighted by Gasteiger charge is 2.25. The number of hydrogen-bond acceptors (Lipinski definition) is 4. The van der Waals surface area contributed by atoms with E-state index < -0.39 is 0 Å². The Balaban J connectivity index is 1.32. The third-order valence-corrected chi connectivity index (χ3v) is 7.32. The average Bonchev–Trinajstić information content (AvgIpc) is 2.85. The molecule has 2 fully saturated rings. The molecule has 2 heterocycles. The highest BCUT2D eigenvalue weighted by Crippen LogP contribution is 2.24. The predicted molar refractivity (Wildman–Crippen MR) is 135 cm³/mol. The minimum absolute atomic E-state index is 0.162. The van der Waals surface area contributed by atoms with Crippen LogP contribution in [0.3, 0.4) is 0 Å². The first-order valence-electron chi connectivity index (χ1n) is 12.3. The fraction of sp³-hybridized carbons (Fsp3) is 0.500. The fourth-order valence-electron chi connectivity index (χ4n) is 5.12. The summed E-state index contributed by atoms with van der Waals surface area (Å²) >= 11 is 0. The van der Waals surface area contributed by atoms with Gasteiger partial charge >= 0.3 is 0 Å². The molecule has 2 aliphatic heterocycles. The van der Waals surface area contributed by atoms with Gasteiger partial charge in [-0.3, -0.25) is 10.2 Å². The molecule has 4 rings (SSSR count). The molecule has 0 unspecified atom stereocenters. The van der Waals surface area contributed by atoms with Crippen LogP contribution in [0.15, 0.2) is 72.9 Å². The minimum Gasteiger partial charge on any atom is -0.371 e. The lowest BCUT2D eigenvalue weighted by molar-refractivity contribution is 0.112. The van der Waals surface area contributed by atoms with E-state index in [1.54, 1.807) is 0 Å². The number of nitrogens with zero attached hydrogens (tertiary/aromatic N) is 3. The van der Waals surface area contributed by atoms with Crippen LogP contribution in [0.4, 0.5) is 0 Å². The zero-order valence-corrected chi connectivity index (χ0v) is 19.9. The van der Waals surface area contributed by atoms with Gasteiger partial charge in [0.1, 0.15) is 0 Å². The Bertz CT molecular complexity index is 782. The number of benzene rings is 2. The van der Waals surface area contributed by atoms with E-state index in [-0.39, 0.29) is 12.1 Å². The highest BCUT2D eigenvalue weighted by molar-refractivity contribution is 5.32. The second-order valence-electron chi connectivity index (χ2n) is 9.67. The van der Waals surface area contributed by atoms with E-state index in [4.69, 9.17) is 0 Å². The number of rotatable bonds is 8. The summed E-state index contributed by atoms with van der Waals surface area (Å²) in [6.07, 6.45) is 2.70. The van der Waals surface area contributed by atoms with Gasteiger partial charge in [-0.1, -0.05) is 67.2 Å². The van der Waals surface area contributed by atoms with Crippen LogP contribution < -0.4 is 5.32 Å². The van der Waals surface area contributed by atoms with E-state index in [2.05, 4.69) is 101 Å². The van der Waals surface area contributed by atoms with Gasteiger partial charge < -0.3 is 9.80 Å². The fourth-order valence-corrected chi connectivity index (χ4v) is 5.12. The van der Waals surface area contributed by atoms with Crippen molar-refractivity contribution >= 4 is 0 Å². The summed E-state index contributed by atoms with van der Waals surface area (Å²) < 4.78 is 0. The van der Waals surface area contributed by atoms with Gasteiger partial charge in [0.05, 0.1) is 6.04 Å². The lowest BCUT2D eigenvalue weighted by atomic mass is 9.96. The van der Waals surface area contributed by atoms with Crippen molar-refractivity contribution in [2.45, 2.75) is 31.8 Å². The average molecular weight is 433 g/mol. The maximum atomic E-state index is 4.51. The molecular weight excluding hydrogens is 392 g/mol. The Morgan fingerprint density at radius 1 is 0.875 bits per heavy atom.